The van der Waals surface area contributed by atoms with Crippen LogP contribution in [0, 0.1) is 25.7 Å². The Morgan fingerprint density at radius 3 is 2.19 bits per heavy atom. The van der Waals surface area contributed by atoms with Crippen molar-refractivity contribution >= 4 is 17.1 Å². The summed E-state index contributed by atoms with van der Waals surface area (Å²) in [7, 11) is 0. The molecule has 0 radical (unpaired) electrons. The van der Waals surface area contributed by atoms with E-state index in [0.717, 1.165) is 40.8 Å². The first-order valence-electron chi connectivity index (χ1n) is 9.46. The maximum absolute atomic E-state index is 13.3. The quantitative estimate of drug-likeness (QED) is 0.407. The highest BCUT2D eigenvalue weighted by atomic mass is 32.1. The van der Waals surface area contributed by atoms with Crippen LogP contribution in [0.4, 0.5) is 0 Å². The van der Waals surface area contributed by atoms with Gasteiger partial charge in [-0.2, -0.15) is 0 Å². The molecule has 4 rings (SSSR count). The van der Waals surface area contributed by atoms with Crippen molar-refractivity contribution in [2.45, 2.75) is 39.5 Å². The van der Waals surface area contributed by atoms with Crippen molar-refractivity contribution in [1.29, 1.82) is 0 Å². The van der Waals surface area contributed by atoms with Crippen molar-refractivity contribution in [3.63, 3.8) is 0 Å². The average molecular weight is 371 g/mol. The molecule has 0 unspecified atom stereocenters. The first kappa shape index (κ1) is 17.8. The average Bonchev–Trinajstić information content (AvgIpc) is 3.06. The van der Waals surface area contributed by atoms with Gasteiger partial charge in [-0.25, -0.2) is 0 Å². The van der Waals surface area contributed by atoms with E-state index in [1.807, 2.05) is 43.3 Å². The molecule has 134 valence electrons. The molecule has 0 saturated heterocycles. The molecule has 0 saturated carbocycles. The summed E-state index contributed by atoms with van der Waals surface area (Å²) >= 11 is 1.72. The van der Waals surface area contributed by atoms with Crippen molar-refractivity contribution in [1.82, 2.24) is 0 Å². The van der Waals surface area contributed by atoms with Crippen molar-refractivity contribution in [3.05, 3.63) is 91.7 Å². The van der Waals surface area contributed by atoms with Gasteiger partial charge in [0.2, 0.25) is 0 Å². The van der Waals surface area contributed by atoms with Crippen LogP contribution >= 0.6 is 11.3 Å². The van der Waals surface area contributed by atoms with Crippen molar-refractivity contribution < 1.29 is 4.79 Å². The zero-order valence-corrected chi connectivity index (χ0v) is 16.6. The Balaban J connectivity index is 1.78. The molecule has 27 heavy (non-hydrogen) atoms. The molecule has 0 bridgehead atoms. The molecule has 1 heterocycles. The van der Waals surface area contributed by atoms with Crippen molar-refractivity contribution in [3.8, 4) is 11.8 Å². The Hall–Kier alpha value is -2.63. The van der Waals surface area contributed by atoms with Gasteiger partial charge in [0.15, 0.2) is 5.78 Å². The first-order chi connectivity index (χ1) is 13.1. The fraction of sp³-hybridized carbons (Fsp3) is 0.240. The van der Waals surface area contributed by atoms with Gasteiger partial charge in [-0.05, 0) is 63.1 Å². The molecule has 0 spiro atoms. The maximum Gasteiger partial charge on any atom is 0.195 e. The number of ketones is 1. The Labute approximate surface area is 165 Å². The van der Waals surface area contributed by atoms with Gasteiger partial charge in [-0.3, -0.25) is 4.79 Å². The molecule has 1 nitrogen and oxygen atoms in total. The van der Waals surface area contributed by atoms with E-state index in [1.54, 1.807) is 11.3 Å². The third-order valence-electron chi connectivity index (χ3n) is 5.08. The molecule has 1 aromatic heterocycles. The van der Waals surface area contributed by atoms with Gasteiger partial charge < -0.3 is 0 Å². The fourth-order valence-electron chi connectivity index (χ4n) is 3.51. The summed E-state index contributed by atoms with van der Waals surface area (Å²) in [5, 5.41) is 0. The highest BCUT2D eigenvalue weighted by Crippen LogP contribution is 2.35. The number of hydrogen-bond acceptors (Lipinski definition) is 2. The maximum atomic E-state index is 13.3. The Morgan fingerprint density at radius 2 is 1.48 bits per heavy atom. The highest BCUT2D eigenvalue weighted by Gasteiger charge is 2.25. The van der Waals surface area contributed by atoms with Gasteiger partial charge in [0, 0.05) is 16.0 Å². The van der Waals surface area contributed by atoms with E-state index in [1.165, 1.54) is 28.0 Å². The van der Waals surface area contributed by atoms with Gasteiger partial charge in [0.1, 0.15) is 0 Å². The van der Waals surface area contributed by atoms with Crippen LogP contribution in [0.25, 0.3) is 0 Å². The summed E-state index contributed by atoms with van der Waals surface area (Å²) in [5.74, 6) is 6.69. The first-order valence-corrected chi connectivity index (χ1v) is 10.3. The van der Waals surface area contributed by atoms with Crippen LogP contribution in [-0.4, -0.2) is 5.78 Å². The molecular weight excluding hydrogens is 348 g/mol. The lowest BCUT2D eigenvalue weighted by Crippen LogP contribution is -2.08. The zero-order chi connectivity index (χ0) is 18.8. The molecule has 2 aromatic carbocycles. The van der Waals surface area contributed by atoms with E-state index in [0.29, 0.717) is 0 Å². The zero-order valence-electron chi connectivity index (χ0n) is 15.8. The van der Waals surface area contributed by atoms with E-state index >= 15 is 0 Å². The highest BCUT2D eigenvalue weighted by molar-refractivity contribution is 7.13. The standard InChI is InChI=1S/C25H22OS/c1-17-7-11-19(12-8-17)13-16-23-24(21-5-3-4-6-22(21)27-23)25(26)20-14-9-18(2)10-15-20/h7-12,14-15H,3-6H2,1-2H3. The van der Waals surface area contributed by atoms with Crippen molar-refractivity contribution in [2.24, 2.45) is 0 Å². The van der Waals surface area contributed by atoms with E-state index in [4.69, 9.17) is 0 Å². The molecule has 1 aliphatic rings. The van der Waals surface area contributed by atoms with E-state index in [-0.39, 0.29) is 5.78 Å². The van der Waals surface area contributed by atoms with E-state index in [2.05, 4.69) is 30.9 Å². The second-order valence-electron chi connectivity index (χ2n) is 7.23. The van der Waals surface area contributed by atoms with Gasteiger partial charge in [-0.15, -0.1) is 11.3 Å². The number of fused-ring (bicyclic) bond motifs is 1. The van der Waals surface area contributed by atoms with Crippen LogP contribution in [0.2, 0.25) is 0 Å². The topological polar surface area (TPSA) is 17.1 Å². The lowest BCUT2D eigenvalue weighted by molar-refractivity contribution is 0.103. The van der Waals surface area contributed by atoms with Crippen LogP contribution in [0.5, 0.6) is 0 Å². The van der Waals surface area contributed by atoms with Crippen molar-refractivity contribution in [2.75, 3.05) is 0 Å². The molecular formula is C25H22OS. The third-order valence-corrected chi connectivity index (χ3v) is 6.29. The minimum atomic E-state index is 0.114. The molecule has 0 amide bonds. The number of rotatable bonds is 2. The van der Waals surface area contributed by atoms with Crippen LogP contribution in [0.3, 0.4) is 0 Å². The minimum absolute atomic E-state index is 0.114. The molecule has 3 aromatic rings. The molecule has 0 fully saturated rings. The summed E-state index contributed by atoms with van der Waals surface area (Å²) in [6, 6.07) is 16.1. The number of benzene rings is 2. The molecule has 2 heteroatoms. The summed E-state index contributed by atoms with van der Waals surface area (Å²) in [4.78, 5) is 15.6. The van der Waals surface area contributed by atoms with E-state index in [9.17, 15) is 4.79 Å². The number of carbonyl (C=O) groups is 1. The fourth-order valence-corrected chi connectivity index (χ4v) is 4.75. The molecule has 0 aliphatic heterocycles. The lowest BCUT2D eigenvalue weighted by atomic mass is 9.91. The van der Waals surface area contributed by atoms with Gasteiger partial charge in [0.05, 0.1) is 10.4 Å². The monoisotopic (exact) mass is 370 g/mol. The molecule has 0 atom stereocenters. The number of aryl methyl sites for hydroxylation is 3. The van der Waals surface area contributed by atoms with Crippen LogP contribution in [0.15, 0.2) is 48.5 Å². The van der Waals surface area contributed by atoms with E-state index < -0.39 is 0 Å². The Morgan fingerprint density at radius 1 is 0.852 bits per heavy atom. The van der Waals surface area contributed by atoms with Crippen LogP contribution in [0.1, 0.15) is 60.8 Å². The normalized spacial score (nSPS) is 12.8. The third kappa shape index (κ3) is 3.75. The number of hydrogen-bond donors (Lipinski definition) is 0. The SMILES string of the molecule is Cc1ccc(C#Cc2sc3c(c2C(=O)c2ccc(C)cc2)CCCC3)cc1. The predicted octanol–water partition coefficient (Wildman–Crippen LogP) is 5.87. The summed E-state index contributed by atoms with van der Waals surface area (Å²) < 4.78 is 0. The van der Waals surface area contributed by atoms with Gasteiger partial charge in [0.25, 0.3) is 0 Å². The summed E-state index contributed by atoms with van der Waals surface area (Å²) in [6.07, 6.45) is 4.42. The minimum Gasteiger partial charge on any atom is -0.289 e. The second kappa shape index (κ2) is 7.55. The second-order valence-corrected chi connectivity index (χ2v) is 8.33. The lowest BCUT2D eigenvalue weighted by Gasteiger charge is -2.12. The Bertz CT molecular complexity index is 1040. The molecule has 0 N–H and O–H groups in total. The van der Waals surface area contributed by atoms with Crippen LogP contribution in [-0.2, 0) is 12.8 Å². The summed E-state index contributed by atoms with van der Waals surface area (Å²) in [5.41, 5.74) is 6.22. The predicted molar refractivity (Wildman–Crippen MR) is 113 cm³/mol. The number of thiophene rings is 1. The van der Waals surface area contributed by atoms with Gasteiger partial charge in [-0.1, -0.05) is 53.4 Å². The van der Waals surface area contributed by atoms with Gasteiger partial charge >= 0.3 is 0 Å². The Kier molecular flexibility index (Phi) is 4.97. The van der Waals surface area contributed by atoms with Crippen LogP contribution < -0.4 is 0 Å². The largest absolute Gasteiger partial charge is 0.289 e. The smallest absolute Gasteiger partial charge is 0.195 e. The summed E-state index contributed by atoms with van der Waals surface area (Å²) in [6.45, 7) is 4.11. The number of carbonyl (C=O) groups excluding carboxylic acids is 1. The molecule has 1 aliphatic carbocycles.